The molecule has 6 atom stereocenters. The fourth-order valence-corrected chi connectivity index (χ4v) is 5.48. The van der Waals surface area contributed by atoms with Crippen molar-refractivity contribution in [2.75, 3.05) is 13.2 Å². The Morgan fingerprint density at radius 3 is 2.53 bits per heavy atom. The van der Waals surface area contributed by atoms with E-state index in [1.165, 1.54) is 19.1 Å². The van der Waals surface area contributed by atoms with Gasteiger partial charge < -0.3 is 24.8 Å². The van der Waals surface area contributed by atoms with Gasteiger partial charge in [0.25, 0.3) is 5.56 Å². The quantitative estimate of drug-likeness (QED) is 0.226. The van der Waals surface area contributed by atoms with Crippen LogP contribution in [0.4, 0.5) is 4.39 Å². The number of aromatic nitrogens is 2. The number of nitrogens with one attached hydrogen (secondary N) is 2. The average Bonchev–Trinajstić information content (AvgIpc) is 3.03. The first-order valence-corrected chi connectivity index (χ1v) is 13.3. The number of ether oxygens (including phenoxy) is 2. The van der Waals surface area contributed by atoms with Gasteiger partial charge in [-0.15, -0.1) is 0 Å². The third kappa shape index (κ3) is 6.06. The molecule has 210 valence electrons. The highest BCUT2D eigenvalue weighted by molar-refractivity contribution is 7.52. The summed E-state index contributed by atoms with van der Waals surface area (Å²) in [5, 5.41) is 13.3. The van der Waals surface area contributed by atoms with Crippen LogP contribution in [0.2, 0.25) is 0 Å². The van der Waals surface area contributed by atoms with Crippen molar-refractivity contribution < 1.29 is 37.4 Å². The largest absolute Gasteiger partial charge is 0.462 e. The Hall–Kier alpha value is -2.87. The van der Waals surface area contributed by atoms with Gasteiger partial charge in [-0.3, -0.25) is 23.7 Å². The number of aliphatic hydroxyl groups excluding tert-OH is 1. The van der Waals surface area contributed by atoms with Crippen molar-refractivity contribution >= 4 is 13.7 Å². The lowest BCUT2D eigenvalue weighted by molar-refractivity contribution is -0.155. The number of benzene rings is 1. The van der Waals surface area contributed by atoms with E-state index in [1.807, 2.05) is 4.98 Å². The van der Waals surface area contributed by atoms with E-state index in [9.17, 15) is 24.1 Å². The topological polar surface area (TPSA) is 184 Å². The van der Waals surface area contributed by atoms with Gasteiger partial charge in [-0.05, 0) is 39.8 Å². The fraction of sp³-hybridized carbons (Fsp3) is 0.522. The molecule has 13 nitrogen and oxygen atoms in total. The van der Waals surface area contributed by atoms with Crippen LogP contribution in [-0.2, 0) is 29.1 Å². The number of aromatic amines is 1. The van der Waals surface area contributed by atoms with Gasteiger partial charge in [0, 0.05) is 18.8 Å². The van der Waals surface area contributed by atoms with E-state index in [0.29, 0.717) is 0 Å². The predicted octanol–water partition coefficient (Wildman–Crippen LogP) is 0.769. The van der Waals surface area contributed by atoms with E-state index in [1.54, 1.807) is 32.0 Å². The number of carbonyl (C=O) groups excluding carboxylic acids is 1. The molecule has 0 bridgehead atoms. The van der Waals surface area contributed by atoms with E-state index in [4.69, 9.17) is 24.3 Å². The second-order valence-electron chi connectivity index (χ2n) is 9.18. The van der Waals surface area contributed by atoms with Crippen LogP contribution in [0.25, 0.3) is 0 Å². The Kier molecular flexibility index (Phi) is 8.97. The average molecular weight is 559 g/mol. The summed E-state index contributed by atoms with van der Waals surface area (Å²) in [6.45, 7) is 4.33. The molecule has 0 aliphatic carbocycles. The van der Waals surface area contributed by atoms with Crippen LogP contribution in [0.3, 0.4) is 0 Å². The standard InChI is InChI=1S/C23H32FN4O9P/c1-14(2)35-20(31)15(3)27-38(33,37-16-8-6-5-7-9-16)34-12-17-19(30)22(4,24)23(13-25,36-17)28-11-10-18(29)26-21(28)32/h5-11,14-15,17,19,30H,12-13,25H2,1-4H3,(H,27,33)(H,26,29,32)/t15-,17-,19-,22-,23-,38+/m1/s1. The van der Waals surface area contributed by atoms with Crippen molar-refractivity contribution in [2.24, 2.45) is 5.73 Å². The Bertz CT molecular complexity index is 1290. The van der Waals surface area contributed by atoms with E-state index in [0.717, 1.165) is 23.8 Å². The number of carbonyl (C=O) groups is 1. The number of alkyl halides is 1. The lowest BCUT2D eigenvalue weighted by atomic mass is 9.89. The fourth-order valence-electron chi connectivity index (χ4n) is 3.98. The van der Waals surface area contributed by atoms with Crippen LogP contribution in [0.1, 0.15) is 27.7 Å². The Labute approximate surface area is 217 Å². The molecule has 1 aromatic carbocycles. The molecule has 1 aliphatic rings. The van der Waals surface area contributed by atoms with E-state index in [2.05, 4.69) is 5.09 Å². The highest BCUT2D eigenvalue weighted by atomic mass is 31.2. The monoisotopic (exact) mass is 558 g/mol. The van der Waals surface area contributed by atoms with Gasteiger partial charge in [0.05, 0.1) is 12.7 Å². The molecule has 0 spiro atoms. The normalized spacial score (nSPS) is 27.6. The first-order chi connectivity index (χ1) is 17.7. The third-order valence-corrected chi connectivity index (χ3v) is 7.59. The van der Waals surface area contributed by atoms with Crippen LogP contribution >= 0.6 is 7.75 Å². The molecule has 15 heteroatoms. The SMILES string of the molecule is CC(C)OC(=O)[C@@H](C)N[P@](=O)(OC[C@H]1O[C@@](CN)(n2ccc(=O)[nH]c2=O)[C@](C)(F)[C@@H]1O)Oc1ccccc1. The van der Waals surface area contributed by atoms with Crippen LogP contribution in [0.15, 0.2) is 52.2 Å². The zero-order chi connectivity index (χ0) is 28.3. The summed E-state index contributed by atoms with van der Waals surface area (Å²) >= 11 is 0. The Morgan fingerprint density at radius 2 is 1.95 bits per heavy atom. The number of nitrogens with two attached hydrogens (primary N) is 1. The van der Waals surface area contributed by atoms with Crippen LogP contribution in [0, 0.1) is 0 Å². The van der Waals surface area contributed by atoms with Crippen LogP contribution in [-0.4, -0.2) is 63.8 Å². The van der Waals surface area contributed by atoms with Crippen molar-refractivity contribution in [3.8, 4) is 5.75 Å². The van der Waals surface area contributed by atoms with Crippen molar-refractivity contribution in [2.45, 2.75) is 63.4 Å². The van der Waals surface area contributed by atoms with Gasteiger partial charge in [0.2, 0.25) is 0 Å². The predicted molar refractivity (Wildman–Crippen MR) is 133 cm³/mol. The van der Waals surface area contributed by atoms with E-state index in [-0.39, 0.29) is 5.75 Å². The smallest absolute Gasteiger partial charge is 0.459 e. The molecule has 3 rings (SSSR count). The van der Waals surface area contributed by atoms with Gasteiger partial charge in [-0.1, -0.05) is 18.2 Å². The Balaban J connectivity index is 1.88. The number of nitrogens with zero attached hydrogens (tertiary/aromatic N) is 1. The number of para-hydroxylation sites is 1. The Morgan fingerprint density at radius 1 is 1.29 bits per heavy atom. The van der Waals surface area contributed by atoms with Crippen molar-refractivity contribution in [3.63, 3.8) is 0 Å². The number of H-pyrrole nitrogens is 1. The zero-order valence-electron chi connectivity index (χ0n) is 21.3. The van der Waals surface area contributed by atoms with Gasteiger partial charge in [0.15, 0.2) is 11.4 Å². The maximum Gasteiger partial charge on any atom is 0.459 e. The molecule has 1 aliphatic heterocycles. The molecule has 2 aromatic rings. The van der Waals surface area contributed by atoms with Gasteiger partial charge >= 0.3 is 19.4 Å². The molecule has 0 saturated carbocycles. The van der Waals surface area contributed by atoms with Crippen molar-refractivity contribution in [1.82, 2.24) is 14.6 Å². The molecule has 0 amide bonds. The van der Waals surface area contributed by atoms with Crippen LogP contribution < -0.4 is 26.6 Å². The minimum absolute atomic E-state index is 0.132. The highest BCUT2D eigenvalue weighted by Crippen LogP contribution is 2.49. The molecule has 1 aromatic heterocycles. The summed E-state index contributed by atoms with van der Waals surface area (Å²) in [7, 11) is -4.37. The van der Waals surface area contributed by atoms with E-state index >= 15 is 4.39 Å². The summed E-state index contributed by atoms with van der Waals surface area (Å²) in [6, 6.07) is 7.75. The summed E-state index contributed by atoms with van der Waals surface area (Å²) in [5.41, 5.74) is -0.831. The lowest BCUT2D eigenvalue weighted by Gasteiger charge is -2.37. The summed E-state index contributed by atoms with van der Waals surface area (Å²) in [5.74, 6) is -0.597. The second-order valence-corrected chi connectivity index (χ2v) is 10.9. The molecule has 2 heterocycles. The molecular formula is C23H32FN4O9P. The summed E-state index contributed by atoms with van der Waals surface area (Å²) in [6.07, 6.45) is -2.86. The first kappa shape index (κ1) is 29.7. The third-order valence-electron chi connectivity index (χ3n) is 5.94. The zero-order valence-corrected chi connectivity index (χ0v) is 22.2. The van der Waals surface area contributed by atoms with E-state index < -0.39 is 73.9 Å². The number of hydrogen-bond acceptors (Lipinski definition) is 10. The highest BCUT2D eigenvalue weighted by Gasteiger charge is 2.65. The summed E-state index contributed by atoms with van der Waals surface area (Å²) in [4.78, 5) is 38.3. The molecule has 5 N–H and O–H groups in total. The molecule has 0 radical (unpaired) electrons. The molecule has 0 unspecified atom stereocenters. The number of esters is 1. The minimum atomic E-state index is -4.37. The minimum Gasteiger partial charge on any atom is -0.462 e. The molecular weight excluding hydrogens is 526 g/mol. The number of aliphatic hydroxyl groups is 1. The van der Waals surface area contributed by atoms with Crippen molar-refractivity contribution in [1.29, 1.82) is 0 Å². The first-order valence-electron chi connectivity index (χ1n) is 11.8. The number of halogens is 1. The maximum atomic E-state index is 16.0. The van der Waals surface area contributed by atoms with Crippen molar-refractivity contribution in [3.05, 3.63) is 63.4 Å². The van der Waals surface area contributed by atoms with Crippen LogP contribution in [0.5, 0.6) is 5.75 Å². The van der Waals surface area contributed by atoms with Gasteiger partial charge in [-0.2, -0.15) is 5.09 Å². The maximum absolute atomic E-state index is 16.0. The van der Waals surface area contributed by atoms with Gasteiger partial charge in [-0.25, -0.2) is 13.8 Å². The number of hydrogen-bond donors (Lipinski definition) is 4. The molecule has 38 heavy (non-hydrogen) atoms. The lowest BCUT2D eigenvalue weighted by Crippen LogP contribution is -2.60. The second kappa shape index (κ2) is 11.5. The molecule has 1 saturated heterocycles. The molecule has 1 fully saturated rings. The number of rotatable bonds is 11. The van der Waals surface area contributed by atoms with Gasteiger partial charge in [0.1, 0.15) is 24.0 Å². The summed E-state index contributed by atoms with van der Waals surface area (Å²) < 4.78 is 52.3.